The topological polar surface area (TPSA) is 52.7 Å². The van der Waals surface area contributed by atoms with Crippen LogP contribution in [0.1, 0.15) is 30.9 Å². The minimum Gasteiger partial charge on any atom is -0.355 e. The first-order valence-corrected chi connectivity index (χ1v) is 8.91. The van der Waals surface area contributed by atoms with Gasteiger partial charge in [0.05, 0.1) is 6.54 Å². The Morgan fingerprint density at radius 1 is 1.17 bits per heavy atom. The molecular formula is C19H29N3O2. The lowest BCUT2D eigenvalue weighted by atomic mass is 10.1. The molecule has 132 valence electrons. The van der Waals surface area contributed by atoms with Crippen molar-refractivity contribution in [2.75, 3.05) is 39.3 Å². The van der Waals surface area contributed by atoms with E-state index in [1.54, 1.807) is 0 Å². The number of nitrogens with one attached hydrogen (secondary N) is 1. The summed E-state index contributed by atoms with van der Waals surface area (Å²) in [4.78, 5) is 28.1. The molecule has 2 rings (SSSR count). The molecule has 0 aromatic heterocycles. The fraction of sp³-hybridized carbons (Fsp3) is 0.579. The summed E-state index contributed by atoms with van der Waals surface area (Å²) in [6, 6.07) is 8.33. The summed E-state index contributed by atoms with van der Waals surface area (Å²) < 4.78 is 0. The zero-order chi connectivity index (χ0) is 17.4. The zero-order valence-electron chi connectivity index (χ0n) is 14.9. The van der Waals surface area contributed by atoms with E-state index in [2.05, 4.69) is 35.3 Å². The third-order valence-corrected chi connectivity index (χ3v) is 4.37. The van der Waals surface area contributed by atoms with Crippen LogP contribution in [-0.4, -0.2) is 60.9 Å². The predicted octanol–water partition coefficient (Wildman–Crippen LogP) is 1.60. The standard InChI is InChI=1S/C19H29N3O2/c1-3-9-20-18(23)15-21-10-12-22(13-11-21)19(24)8-7-17-6-4-5-16(2)14-17/h4-6,14H,3,7-13,15H2,1-2H3,(H,20,23). The van der Waals surface area contributed by atoms with Crippen LogP contribution in [0.25, 0.3) is 0 Å². The molecule has 1 fully saturated rings. The molecule has 1 heterocycles. The zero-order valence-corrected chi connectivity index (χ0v) is 14.9. The molecule has 5 nitrogen and oxygen atoms in total. The first-order chi connectivity index (χ1) is 11.6. The van der Waals surface area contributed by atoms with Crippen LogP contribution < -0.4 is 5.32 Å². The molecular weight excluding hydrogens is 302 g/mol. The summed E-state index contributed by atoms with van der Waals surface area (Å²) in [5.41, 5.74) is 2.45. The van der Waals surface area contributed by atoms with Gasteiger partial charge in [-0.2, -0.15) is 0 Å². The number of hydrogen-bond donors (Lipinski definition) is 1. The largest absolute Gasteiger partial charge is 0.355 e. The average Bonchev–Trinajstić information content (AvgIpc) is 2.58. The Morgan fingerprint density at radius 3 is 2.58 bits per heavy atom. The Kier molecular flexibility index (Phi) is 7.25. The molecule has 1 aromatic rings. The Bertz CT molecular complexity index is 551. The number of hydrogen-bond acceptors (Lipinski definition) is 3. The molecule has 5 heteroatoms. The van der Waals surface area contributed by atoms with Gasteiger partial charge in [0.25, 0.3) is 0 Å². The van der Waals surface area contributed by atoms with Gasteiger partial charge in [-0.25, -0.2) is 0 Å². The van der Waals surface area contributed by atoms with E-state index in [9.17, 15) is 9.59 Å². The van der Waals surface area contributed by atoms with Crippen LogP contribution in [0.4, 0.5) is 0 Å². The molecule has 1 aliphatic rings. The van der Waals surface area contributed by atoms with Crippen LogP contribution in [0.5, 0.6) is 0 Å². The summed E-state index contributed by atoms with van der Waals surface area (Å²) >= 11 is 0. The molecule has 0 radical (unpaired) electrons. The quantitative estimate of drug-likeness (QED) is 0.826. The summed E-state index contributed by atoms with van der Waals surface area (Å²) in [6.07, 6.45) is 2.30. The van der Waals surface area contributed by atoms with Gasteiger partial charge in [0.2, 0.25) is 11.8 Å². The third kappa shape index (κ3) is 5.96. The minimum atomic E-state index is 0.0797. The third-order valence-electron chi connectivity index (χ3n) is 4.37. The van der Waals surface area contributed by atoms with Gasteiger partial charge in [-0.3, -0.25) is 14.5 Å². The number of aryl methyl sites for hydroxylation is 2. The molecule has 0 bridgehead atoms. The van der Waals surface area contributed by atoms with Crippen molar-refractivity contribution in [2.45, 2.75) is 33.1 Å². The summed E-state index contributed by atoms with van der Waals surface area (Å²) in [6.45, 7) is 8.26. The monoisotopic (exact) mass is 331 g/mol. The van der Waals surface area contributed by atoms with Gasteiger partial charge in [-0.15, -0.1) is 0 Å². The van der Waals surface area contributed by atoms with Gasteiger partial charge in [-0.05, 0) is 25.3 Å². The normalized spacial score (nSPS) is 15.3. The number of carbonyl (C=O) groups excluding carboxylic acids is 2. The molecule has 0 unspecified atom stereocenters. The van der Waals surface area contributed by atoms with E-state index in [0.717, 1.165) is 32.5 Å². The van der Waals surface area contributed by atoms with Gasteiger partial charge in [0.15, 0.2) is 0 Å². The summed E-state index contributed by atoms with van der Waals surface area (Å²) in [7, 11) is 0. The Hall–Kier alpha value is -1.88. The number of benzene rings is 1. The first-order valence-electron chi connectivity index (χ1n) is 8.91. The van der Waals surface area contributed by atoms with E-state index >= 15 is 0 Å². The van der Waals surface area contributed by atoms with Gasteiger partial charge in [0.1, 0.15) is 0 Å². The van der Waals surface area contributed by atoms with E-state index in [-0.39, 0.29) is 11.8 Å². The highest BCUT2D eigenvalue weighted by Crippen LogP contribution is 2.09. The molecule has 2 amide bonds. The van der Waals surface area contributed by atoms with Gasteiger partial charge < -0.3 is 10.2 Å². The molecule has 1 N–H and O–H groups in total. The van der Waals surface area contributed by atoms with Crippen LogP contribution >= 0.6 is 0 Å². The number of rotatable bonds is 7. The SMILES string of the molecule is CCCNC(=O)CN1CCN(C(=O)CCc2cccc(C)c2)CC1. The maximum absolute atomic E-state index is 12.4. The minimum absolute atomic E-state index is 0.0797. The lowest BCUT2D eigenvalue weighted by Gasteiger charge is -2.34. The summed E-state index contributed by atoms with van der Waals surface area (Å²) in [5.74, 6) is 0.294. The molecule has 1 aliphatic heterocycles. The van der Waals surface area contributed by atoms with Crippen molar-refractivity contribution in [3.05, 3.63) is 35.4 Å². The molecule has 1 saturated heterocycles. The van der Waals surface area contributed by atoms with Crippen molar-refractivity contribution in [1.82, 2.24) is 15.1 Å². The van der Waals surface area contributed by atoms with Gasteiger partial charge in [-0.1, -0.05) is 36.8 Å². The van der Waals surface area contributed by atoms with Crippen molar-refractivity contribution in [3.8, 4) is 0 Å². The maximum Gasteiger partial charge on any atom is 0.234 e. The molecule has 0 saturated carbocycles. The van der Waals surface area contributed by atoms with Crippen LogP contribution in [0.2, 0.25) is 0 Å². The smallest absolute Gasteiger partial charge is 0.234 e. The molecule has 0 aliphatic carbocycles. The second kappa shape index (κ2) is 9.42. The highest BCUT2D eigenvalue weighted by Gasteiger charge is 2.22. The van der Waals surface area contributed by atoms with E-state index in [1.807, 2.05) is 17.9 Å². The van der Waals surface area contributed by atoms with Crippen molar-refractivity contribution < 1.29 is 9.59 Å². The second-order valence-corrected chi connectivity index (χ2v) is 6.50. The van der Waals surface area contributed by atoms with Gasteiger partial charge in [0, 0.05) is 39.1 Å². The molecule has 24 heavy (non-hydrogen) atoms. The van der Waals surface area contributed by atoms with Crippen LogP contribution in [0.15, 0.2) is 24.3 Å². The molecule has 1 aromatic carbocycles. The van der Waals surface area contributed by atoms with E-state index in [0.29, 0.717) is 26.1 Å². The number of amides is 2. The fourth-order valence-corrected chi connectivity index (χ4v) is 2.96. The van der Waals surface area contributed by atoms with Crippen molar-refractivity contribution >= 4 is 11.8 Å². The highest BCUT2D eigenvalue weighted by molar-refractivity contribution is 5.78. The van der Waals surface area contributed by atoms with Gasteiger partial charge >= 0.3 is 0 Å². The van der Waals surface area contributed by atoms with Crippen molar-refractivity contribution in [2.24, 2.45) is 0 Å². The first kappa shape index (κ1) is 18.5. The summed E-state index contributed by atoms with van der Waals surface area (Å²) in [5, 5.41) is 2.90. The van der Waals surface area contributed by atoms with Crippen LogP contribution in [-0.2, 0) is 16.0 Å². The average molecular weight is 331 g/mol. The lowest BCUT2D eigenvalue weighted by molar-refractivity contribution is -0.133. The number of carbonyl (C=O) groups is 2. The number of nitrogens with zero attached hydrogens (tertiary/aromatic N) is 2. The maximum atomic E-state index is 12.4. The van der Waals surface area contributed by atoms with Crippen LogP contribution in [0, 0.1) is 6.92 Å². The molecule has 0 atom stereocenters. The highest BCUT2D eigenvalue weighted by atomic mass is 16.2. The van der Waals surface area contributed by atoms with Crippen molar-refractivity contribution in [1.29, 1.82) is 0 Å². The predicted molar refractivity (Wildman–Crippen MR) is 95.8 cm³/mol. The fourth-order valence-electron chi connectivity index (χ4n) is 2.96. The van der Waals surface area contributed by atoms with E-state index in [1.165, 1.54) is 11.1 Å². The number of piperazine rings is 1. The Morgan fingerprint density at radius 2 is 1.92 bits per heavy atom. The molecule has 0 spiro atoms. The lowest BCUT2D eigenvalue weighted by Crippen LogP contribution is -2.51. The Labute approximate surface area is 145 Å². The Balaban J connectivity index is 1.69. The van der Waals surface area contributed by atoms with E-state index < -0.39 is 0 Å². The van der Waals surface area contributed by atoms with Crippen LogP contribution in [0.3, 0.4) is 0 Å². The second-order valence-electron chi connectivity index (χ2n) is 6.50. The van der Waals surface area contributed by atoms with E-state index in [4.69, 9.17) is 0 Å². The van der Waals surface area contributed by atoms with Crippen molar-refractivity contribution in [3.63, 3.8) is 0 Å².